The molecule has 0 spiro atoms. The number of aryl methyl sites for hydroxylation is 1. The van der Waals surface area contributed by atoms with E-state index in [1.807, 2.05) is 0 Å². The number of rotatable bonds is 4. The van der Waals surface area contributed by atoms with Crippen LogP contribution in [0.5, 0.6) is 0 Å². The number of carbonyl (C=O) groups excluding carboxylic acids is 1. The molecule has 0 saturated carbocycles. The Bertz CT molecular complexity index is 626. The number of nitrogens with one attached hydrogen (secondary N) is 1. The van der Waals surface area contributed by atoms with E-state index in [9.17, 15) is 17.1 Å². The lowest BCUT2D eigenvalue weighted by Crippen LogP contribution is -2.27. The minimum Gasteiger partial charge on any atom is -0.444 e. The summed E-state index contributed by atoms with van der Waals surface area (Å²) in [6, 6.07) is 4.51. The maximum atomic E-state index is 12.6. The lowest BCUT2D eigenvalue weighted by atomic mass is 10.1. The van der Waals surface area contributed by atoms with Gasteiger partial charge in [-0.3, -0.25) is 5.32 Å². The van der Waals surface area contributed by atoms with Crippen LogP contribution in [0.1, 0.15) is 26.3 Å². The topological polar surface area (TPSA) is 72.5 Å². The van der Waals surface area contributed by atoms with Gasteiger partial charge < -0.3 is 4.74 Å². The van der Waals surface area contributed by atoms with Crippen LogP contribution in [0.2, 0.25) is 5.02 Å². The van der Waals surface area contributed by atoms with Crippen LogP contribution in [0, 0.1) is 0 Å². The van der Waals surface area contributed by atoms with Gasteiger partial charge in [-0.25, -0.2) is 4.79 Å². The quantitative estimate of drug-likeness (QED) is 0.853. The third kappa shape index (κ3) is 7.29. The van der Waals surface area contributed by atoms with Gasteiger partial charge in [-0.15, -0.1) is 3.89 Å². The second kappa shape index (κ2) is 6.62. The van der Waals surface area contributed by atoms with Crippen molar-refractivity contribution < 1.29 is 21.8 Å². The van der Waals surface area contributed by atoms with E-state index in [-0.39, 0.29) is 6.42 Å². The number of anilines is 1. The van der Waals surface area contributed by atoms with Crippen LogP contribution in [0.25, 0.3) is 0 Å². The molecule has 1 aromatic carbocycles. The third-order valence-electron chi connectivity index (χ3n) is 2.32. The van der Waals surface area contributed by atoms with Gasteiger partial charge in [0, 0.05) is 10.7 Å². The molecule has 21 heavy (non-hydrogen) atoms. The van der Waals surface area contributed by atoms with Crippen molar-refractivity contribution in [2.24, 2.45) is 0 Å². The van der Waals surface area contributed by atoms with E-state index in [2.05, 4.69) is 5.32 Å². The SMILES string of the molecule is CC(C)(C)OC(=O)Nc1ccc(Cl)cc1CCS(=O)(=O)F. The van der Waals surface area contributed by atoms with E-state index >= 15 is 0 Å². The van der Waals surface area contributed by atoms with Gasteiger partial charge in [-0.05, 0) is 51.0 Å². The number of amides is 1. The molecular formula is C13H17ClFNO4S. The Morgan fingerprint density at radius 3 is 2.52 bits per heavy atom. The minimum absolute atomic E-state index is 0.107. The Balaban J connectivity index is 2.89. The maximum Gasteiger partial charge on any atom is 0.412 e. The highest BCUT2D eigenvalue weighted by atomic mass is 35.5. The summed E-state index contributed by atoms with van der Waals surface area (Å²) in [4.78, 5) is 11.7. The van der Waals surface area contributed by atoms with E-state index in [0.717, 1.165) is 0 Å². The average Bonchev–Trinajstić information content (AvgIpc) is 2.26. The van der Waals surface area contributed by atoms with Crippen LogP contribution in [-0.4, -0.2) is 25.9 Å². The summed E-state index contributed by atoms with van der Waals surface area (Å²) >= 11 is 5.82. The molecule has 0 unspecified atom stereocenters. The van der Waals surface area contributed by atoms with Crippen molar-refractivity contribution in [2.45, 2.75) is 32.8 Å². The summed E-state index contributed by atoms with van der Waals surface area (Å²) in [5, 5.41) is 2.85. The highest BCUT2D eigenvalue weighted by Crippen LogP contribution is 2.22. The fourth-order valence-corrected chi connectivity index (χ4v) is 2.19. The molecule has 1 N–H and O–H groups in total. The summed E-state index contributed by atoms with van der Waals surface area (Å²) in [5.74, 6) is -0.684. The first-order chi connectivity index (χ1) is 9.46. The van der Waals surface area contributed by atoms with Crippen molar-refractivity contribution in [2.75, 3.05) is 11.1 Å². The van der Waals surface area contributed by atoms with Gasteiger partial charge in [0.2, 0.25) is 0 Å². The normalized spacial score (nSPS) is 12.0. The monoisotopic (exact) mass is 337 g/mol. The van der Waals surface area contributed by atoms with Crippen molar-refractivity contribution >= 4 is 33.6 Å². The molecule has 1 amide bonds. The Morgan fingerprint density at radius 1 is 1.38 bits per heavy atom. The zero-order valence-electron chi connectivity index (χ0n) is 11.9. The molecule has 0 radical (unpaired) electrons. The van der Waals surface area contributed by atoms with Gasteiger partial charge in [-0.2, -0.15) is 8.42 Å². The van der Waals surface area contributed by atoms with Crippen molar-refractivity contribution in [3.8, 4) is 0 Å². The van der Waals surface area contributed by atoms with Gasteiger partial charge in [0.1, 0.15) is 5.60 Å². The second-order valence-electron chi connectivity index (χ2n) is 5.42. The standard InChI is InChI=1S/C13H17ClFNO4S/c1-13(2,3)20-12(17)16-11-5-4-10(14)8-9(11)6-7-21(15,18)19/h4-5,8H,6-7H2,1-3H3,(H,16,17). The Hall–Kier alpha value is -1.34. The molecule has 1 aromatic rings. The molecular weight excluding hydrogens is 321 g/mol. The predicted octanol–water partition coefficient (Wildman–Crippen LogP) is 3.53. The van der Waals surface area contributed by atoms with E-state index in [4.69, 9.17) is 16.3 Å². The fraction of sp³-hybridized carbons (Fsp3) is 0.462. The largest absolute Gasteiger partial charge is 0.444 e. The first-order valence-corrected chi connectivity index (χ1v) is 8.10. The molecule has 0 saturated heterocycles. The van der Waals surface area contributed by atoms with E-state index in [1.165, 1.54) is 18.2 Å². The number of ether oxygens (including phenoxy) is 1. The van der Waals surface area contributed by atoms with Crippen molar-refractivity contribution in [1.29, 1.82) is 0 Å². The van der Waals surface area contributed by atoms with E-state index < -0.39 is 27.7 Å². The summed E-state index contributed by atoms with van der Waals surface area (Å²) < 4.78 is 38.9. The molecule has 0 aliphatic rings. The molecule has 0 aliphatic heterocycles. The lowest BCUT2D eigenvalue weighted by Gasteiger charge is -2.20. The summed E-state index contributed by atoms with van der Waals surface area (Å²) in [6.07, 6.45) is -0.793. The first-order valence-electron chi connectivity index (χ1n) is 6.17. The van der Waals surface area contributed by atoms with Gasteiger partial charge in [0.15, 0.2) is 0 Å². The molecule has 0 aliphatic carbocycles. The fourth-order valence-electron chi connectivity index (χ4n) is 1.54. The van der Waals surface area contributed by atoms with Crippen LogP contribution < -0.4 is 5.32 Å². The number of hydrogen-bond acceptors (Lipinski definition) is 4. The number of hydrogen-bond donors (Lipinski definition) is 1. The lowest BCUT2D eigenvalue weighted by molar-refractivity contribution is 0.0636. The Labute approximate surface area is 128 Å². The second-order valence-corrected chi connectivity index (χ2v) is 7.34. The van der Waals surface area contributed by atoms with Crippen LogP contribution in [-0.2, 0) is 21.4 Å². The zero-order valence-corrected chi connectivity index (χ0v) is 13.5. The molecule has 0 atom stereocenters. The molecule has 1 rings (SSSR count). The van der Waals surface area contributed by atoms with Crippen LogP contribution >= 0.6 is 11.6 Å². The molecule has 5 nitrogen and oxygen atoms in total. The van der Waals surface area contributed by atoms with Gasteiger partial charge in [0.05, 0.1) is 5.75 Å². The first kappa shape index (κ1) is 17.7. The number of halogens is 2. The minimum atomic E-state index is -4.60. The van der Waals surface area contributed by atoms with Gasteiger partial charge in [-0.1, -0.05) is 11.6 Å². The Kier molecular flexibility index (Phi) is 5.58. The average molecular weight is 338 g/mol. The highest BCUT2D eigenvalue weighted by molar-refractivity contribution is 7.86. The van der Waals surface area contributed by atoms with Crippen LogP contribution in [0.4, 0.5) is 14.4 Å². The number of carbonyl (C=O) groups is 1. The van der Waals surface area contributed by atoms with Gasteiger partial charge >= 0.3 is 16.3 Å². The van der Waals surface area contributed by atoms with Crippen molar-refractivity contribution in [3.05, 3.63) is 28.8 Å². The molecule has 0 fully saturated rings. The molecule has 0 aromatic heterocycles. The molecule has 0 bridgehead atoms. The highest BCUT2D eigenvalue weighted by Gasteiger charge is 2.18. The Morgan fingerprint density at radius 2 is 2.00 bits per heavy atom. The molecule has 0 heterocycles. The van der Waals surface area contributed by atoms with E-state index in [0.29, 0.717) is 16.3 Å². The molecule has 118 valence electrons. The van der Waals surface area contributed by atoms with Gasteiger partial charge in [0.25, 0.3) is 0 Å². The molecule has 8 heteroatoms. The van der Waals surface area contributed by atoms with Crippen LogP contribution in [0.15, 0.2) is 18.2 Å². The summed E-state index contributed by atoms with van der Waals surface area (Å²) in [7, 11) is -4.60. The maximum absolute atomic E-state index is 12.6. The van der Waals surface area contributed by atoms with Crippen molar-refractivity contribution in [1.82, 2.24) is 0 Å². The van der Waals surface area contributed by atoms with E-state index in [1.54, 1.807) is 20.8 Å². The zero-order chi connectivity index (χ0) is 16.3. The van der Waals surface area contributed by atoms with Crippen molar-refractivity contribution in [3.63, 3.8) is 0 Å². The summed E-state index contributed by atoms with van der Waals surface area (Å²) in [6.45, 7) is 5.14. The van der Waals surface area contributed by atoms with Crippen LogP contribution in [0.3, 0.4) is 0 Å². The predicted molar refractivity (Wildman–Crippen MR) is 79.9 cm³/mol. The summed E-state index contributed by atoms with van der Waals surface area (Å²) in [5.41, 5.74) is 0.0748. The smallest absolute Gasteiger partial charge is 0.412 e. The number of benzene rings is 1. The third-order valence-corrected chi connectivity index (χ3v) is 3.24.